The average Bonchev–Trinajstić information content (AvgIpc) is 3.09. The fraction of sp³-hybridized carbons (Fsp3) is 0.333. The van der Waals surface area contributed by atoms with Crippen LogP contribution in [0.4, 0.5) is 5.69 Å². The summed E-state index contributed by atoms with van der Waals surface area (Å²) in [4.78, 5) is 17.3. The third-order valence-corrected chi connectivity index (χ3v) is 4.98. The molecule has 0 fully saturated rings. The average molecular weight is 318 g/mol. The first-order valence-corrected chi connectivity index (χ1v) is 8.89. The van der Waals surface area contributed by atoms with E-state index in [2.05, 4.69) is 5.32 Å². The Hall–Kier alpha value is -2.42. The van der Waals surface area contributed by atoms with E-state index < -0.39 is 0 Å². The highest BCUT2D eigenvalue weighted by Gasteiger charge is 2.24. The molecule has 2 aromatic rings. The van der Waals surface area contributed by atoms with Gasteiger partial charge in [-0.3, -0.25) is 9.78 Å². The van der Waals surface area contributed by atoms with Crippen LogP contribution in [0.25, 0.3) is 6.08 Å². The summed E-state index contributed by atoms with van der Waals surface area (Å²) < 4.78 is 0. The summed E-state index contributed by atoms with van der Waals surface area (Å²) in [7, 11) is 0. The molecule has 2 aliphatic rings. The Morgan fingerprint density at radius 3 is 2.38 bits per heavy atom. The lowest BCUT2D eigenvalue weighted by Gasteiger charge is -2.21. The topological polar surface area (TPSA) is 42.0 Å². The van der Waals surface area contributed by atoms with Gasteiger partial charge in [-0.2, -0.15) is 0 Å². The minimum atomic E-state index is -0.0491. The summed E-state index contributed by atoms with van der Waals surface area (Å²) in [6.45, 7) is 0. The minimum Gasteiger partial charge on any atom is -0.322 e. The SMILES string of the molecule is O=C(C=Cc1ccccc1)Nc1c2c(nc3c1CCC3)CCCC2. The predicted octanol–water partition coefficient (Wildman–Crippen LogP) is 4.10. The Morgan fingerprint density at radius 2 is 1.58 bits per heavy atom. The second kappa shape index (κ2) is 6.60. The molecule has 0 unspecified atom stereocenters. The molecule has 3 heteroatoms. The van der Waals surface area contributed by atoms with Crippen molar-refractivity contribution in [2.24, 2.45) is 0 Å². The van der Waals surface area contributed by atoms with Gasteiger partial charge in [0.1, 0.15) is 0 Å². The molecule has 1 aromatic heterocycles. The molecule has 1 aromatic carbocycles. The first-order chi connectivity index (χ1) is 11.8. The molecular formula is C21H22N2O. The van der Waals surface area contributed by atoms with Gasteiger partial charge in [0, 0.05) is 17.5 Å². The number of benzene rings is 1. The Kier molecular flexibility index (Phi) is 4.16. The number of aromatic nitrogens is 1. The summed E-state index contributed by atoms with van der Waals surface area (Å²) in [6, 6.07) is 9.92. The number of pyridine rings is 1. The van der Waals surface area contributed by atoms with Crippen LogP contribution in [-0.2, 0) is 30.5 Å². The lowest BCUT2D eigenvalue weighted by Crippen LogP contribution is -2.17. The number of hydrogen-bond donors (Lipinski definition) is 1. The number of carbonyl (C=O) groups excluding carboxylic acids is 1. The number of amides is 1. The van der Waals surface area contributed by atoms with Crippen LogP contribution in [-0.4, -0.2) is 10.9 Å². The van der Waals surface area contributed by atoms with Crippen LogP contribution in [0.2, 0.25) is 0 Å². The van der Waals surface area contributed by atoms with Crippen molar-refractivity contribution in [2.75, 3.05) is 5.32 Å². The van der Waals surface area contributed by atoms with Gasteiger partial charge < -0.3 is 5.32 Å². The normalized spacial score (nSPS) is 16.0. The van der Waals surface area contributed by atoms with Crippen molar-refractivity contribution in [3.8, 4) is 0 Å². The van der Waals surface area contributed by atoms with Crippen molar-refractivity contribution in [2.45, 2.75) is 44.9 Å². The van der Waals surface area contributed by atoms with E-state index in [1.165, 1.54) is 35.4 Å². The van der Waals surface area contributed by atoms with Crippen molar-refractivity contribution >= 4 is 17.7 Å². The van der Waals surface area contributed by atoms with Crippen LogP contribution in [0.3, 0.4) is 0 Å². The molecule has 0 atom stereocenters. The number of rotatable bonds is 3. The van der Waals surface area contributed by atoms with Crippen molar-refractivity contribution in [1.29, 1.82) is 0 Å². The van der Waals surface area contributed by atoms with Gasteiger partial charge >= 0.3 is 0 Å². The number of carbonyl (C=O) groups is 1. The predicted molar refractivity (Wildman–Crippen MR) is 97.0 cm³/mol. The second-order valence-electron chi connectivity index (χ2n) is 6.63. The molecule has 0 radical (unpaired) electrons. The van der Waals surface area contributed by atoms with Crippen LogP contribution in [0.5, 0.6) is 0 Å². The molecule has 0 saturated heterocycles. The zero-order valence-corrected chi connectivity index (χ0v) is 13.8. The molecule has 3 nitrogen and oxygen atoms in total. The minimum absolute atomic E-state index is 0.0491. The zero-order valence-electron chi connectivity index (χ0n) is 13.8. The maximum atomic E-state index is 12.5. The largest absolute Gasteiger partial charge is 0.322 e. The summed E-state index contributed by atoms with van der Waals surface area (Å²) in [6.07, 6.45) is 11.2. The number of aryl methyl sites for hydroxylation is 2. The van der Waals surface area contributed by atoms with E-state index >= 15 is 0 Å². The highest BCUT2D eigenvalue weighted by Crippen LogP contribution is 2.35. The standard InChI is InChI=1S/C21H22N2O/c24-20(14-13-15-7-2-1-3-8-15)23-21-16-9-4-5-11-18(16)22-19-12-6-10-17(19)21/h1-3,7-8,13-14H,4-6,9-12H2,(H,22,23,24). The van der Waals surface area contributed by atoms with E-state index in [0.717, 1.165) is 43.4 Å². The van der Waals surface area contributed by atoms with Gasteiger partial charge in [-0.15, -0.1) is 0 Å². The van der Waals surface area contributed by atoms with E-state index in [1.807, 2.05) is 36.4 Å². The molecule has 2 aliphatic carbocycles. The van der Waals surface area contributed by atoms with Gasteiger partial charge in [0.2, 0.25) is 5.91 Å². The highest BCUT2D eigenvalue weighted by molar-refractivity contribution is 6.03. The smallest absolute Gasteiger partial charge is 0.248 e. The van der Waals surface area contributed by atoms with Crippen LogP contribution in [0.1, 0.15) is 47.3 Å². The molecule has 1 amide bonds. The Bertz CT molecular complexity index is 793. The molecule has 1 N–H and O–H groups in total. The molecule has 1 heterocycles. The summed E-state index contributed by atoms with van der Waals surface area (Å²) in [5, 5.41) is 3.17. The third kappa shape index (κ3) is 2.99. The maximum Gasteiger partial charge on any atom is 0.248 e. The number of nitrogens with zero attached hydrogens (tertiary/aromatic N) is 1. The van der Waals surface area contributed by atoms with Gasteiger partial charge in [-0.05, 0) is 67.7 Å². The molecule has 0 aliphatic heterocycles. The van der Waals surface area contributed by atoms with E-state index in [0.29, 0.717) is 0 Å². The second-order valence-corrected chi connectivity index (χ2v) is 6.63. The third-order valence-electron chi connectivity index (χ3n) is 4.98. The van der Waals surface area contributed by atoms with Gasteiger partial charge in [0.15, 0.2) is 0 Å². The number of nitrogens with one attached hydrogen (secondary N) is 1. The van der Waals surface area contributed by atoms with Gasteiger partial charge in [0.05, 0.1) is 5.69 Å². The van der Waals surface area contributed by atoms with Crippen LogP contribution in [0.15, 0.2) is 36.4 Å². The van der Waals surface area contributed by atoms with E-state index in [1.54, 1.807) is 6.08 Å². The first-order valence-electron chi connectivity index (χ1n) is 8.89. The monoisotopic (exact) mass is 318 g/mol. The van der Waals surface area contributed by atoms with E-state index in [4.69, 9.17) is 4.98 Å². The van der Waals surface area contributed by atoms with Gasteiger partial charge in [0.25, 0.3) is 0 Å². The fourth-order valence-corrected chi connectivity index (χ4v) is 3.80. The highest BCUT2D eigenvalue weighted by atomic mass is 16.1. The maximum absolute atomic E-state index is 12.5. The lowest BCUT2D eigenvalue weighted by atomic mass is 9.92. The molecule has 0 spiro atoms. The molecule has 122 valence electrons. The van der Waals surface area contributed by atoms with E-state index in [9.17, 15) is 4.79 Å². The molecule has 4 rings (SSSR count). The van der Waals surface area contributed by atoms with Crippen molar-refractivity contribution in [1.82, 2.24) is 4.98 Å². The Morgan fingerprint density at radius 1 is 0.917 bits per heavy atom. The quantitative estimate of drug-likeness (QED) is 0.866. The van der Waals surface area contributed by atoms with E-state index in [-0.39, 0.29) is 5.91 Å². The van der Waals surface area contributed by atoms with Crippen molar-refractivity contribution < 1.29 is 4.79 Å². The first kappa shape index (κ1) is 15.1. The molecule has 0 saturated carbocycles. The summed E-state index contributed by atoms with van der Waals surface area (Å²) >= 11 is 0. The van der Waals surface area contributed by atoms with Crippen LogP contribution >= 0.6 is 0 Å². The Labute approximate surface area is 142 Å². The number of hydrogen-bond acceptors (Lipinski definition) is 2. The van der Waals surface area contributed by atoms with Gasteiger partial charge in [-0.25, -0.2) is 0 Å². The van der Waals surface area contributed by atoms with Crippen molar-refractivity contribution in [3.05, 3.63) is 64.5 Å². The van der Waals surface area contributed by atoms with Crippen LogP contribution in [0, 0.1) is 0 Å². The number of fused-ring (bicyclic) bond motifs is 2. The van der Waals surface area contributed by atoms with Crippen LogP contribution < -0.4 is 5.32 Å². The lowest BCUT2D eigenvalue weighted by molar-refractivity contribution is -0.111. The summed E-state index contributed by atoms with van der Waals surface area (Å²) in [5.41, 5.74) is 7.08. The molecule has 0 bridgehead atoms. The summed E-state index contributed by atoms with van der Waals surface area (Å²) in [5.74, 6) is -0.0491. The number of anilines is 1. The molecular weight excluding hydrogens is 296 g/mol. The zero-order chi connectivity index (χ0) is 16.4. The van der Waals surface area contributed by atoms with Crippen molar-refractivity contribution in [3.63, 3.8) is 0 Å². The fourth-order valence-electron chi connectivity index (χ4n) is 3.80. The van der Waals surface area contributed by atoms with Gasteiger partial charge in [-0.1, -0.05) is 30.3 Å². The molecule has 24 heavy (non-hydrogen) atoms. The Balaban J connectivity index is 1.61.